The molecule has 1 aliphatic heterocycles. The Morgan fingerprint density at radius 3 is 2.63 bits per heavy atom. The van der Waals surface area contributed by atoms with E-state index in [1.54, 1.807) is 29.1 Å². The van der Waals surface area contributed by atoms with Gasteiger partial charge in [0.1, 0.15) is 5.82 Å². The van der Waals surface area contributed by atoms with Crippen LogP contribution in [0.25, 0.3) is 10.9 Å². The zero-order valence-corrected chi connectivity index (χ0v) is 24.8. The summed E-state index contributed by atoms with van der Waals surface area (Å²) in [6.07, 6.45) is 4.78. The Labute approximate surface area is 242 Å². The first-order chi connectivity index (χ1) is 19.5. The molecule has 7 rings (SSSR count). The number of fused-ring (bicyclic) bond motifs is 3. The van der Waals surface area contributed by atoms with Gasteiger partial charge in [-0.1, -0.05) is 32.9 Å². The zero-order chi connectivity index (χ0) is 29.1. The van der Waals surface area contributed by atoms with Crippen molar-refractivity contribution in [2.45, 2.75) is 72.0 Å². The molecule has 8 heteroatoms. The molecule has 7 atom stereocenters. The summed E-state index contributed by atoms with van der Waals surface area (Å²) < 4.78 is 14.9. The fourth-order valence-electron chi connectivity index (χ4n) is 8.21. The maximum absolute atomic E-state index is 13.4. The Balaban J connectivity index is 1.24. The van der Waals surface area contributed by atoms with Crippen molar-refractivity contribution in [1.82, 2.24) is 19.8 Å². The Morgan fingerprint density at radius 2 is 1.93 bits per heavy atom. The van der Waals surface area contributed by atoms with Crippen LogP contribution in [0.15, 0.2) is 58.6 Å². The molecule has 1 aromatic heterocycles. The van der Waals surface area contributed by atoms with Gasteiger partial charge in [0.05, 0.1) is 22.9 Å². The highest BCUT2D eigenvalue weighted by Gasteiger charge is 2.59. The third kappa shape index (κ3) is 5.05. The molecule has 0 radical (unpaired) electrons. The number of guanidine groups is 1. The van der Waals surface area contributed by atoms with E-state index in [0.717, 1.165) is 36.4 Å². The van der Waals surface area contributed by atoms with Crippen molar-refractivity contribution in [3.05, 3.63) is 70.5 Å². The van der Waals surface area contributed by atoms with Gasteiger partial charge in [0, 0.05) is 31.2 Å². The van der Waals surface area contributed by atoms with E-state index in [2.05, 4.69) is 42.9 Å². The Kier molecular flexibility index (Phi) is 7.17. The van der Waals surface area contributed by atoms with E-state index in [9.17, 15) is 9.18 Å². The van der Waals surface area contributed by atoms with Crippen LogP contribution in [-0.2, 0) is 6.42 Å². The van der Waals surface area contributed by atoms with E-state index in [-0.39, 0.29) is 17.4 Å². The molecule has 2 unspecified atom stereocenters. The van der Waals surface area contributed by atoms with Gasteiger partial charge in [-0.2, -0.15) is 0 Å². The van der Waals surface area contributed by atoms with Crippen LogP contribution in [0.3, 0.4) is 0 Å². The number of hydrogen-bond acceptors (Lipinski definition) is 4. The minimum Gasteiger partial charge on any atom is -0.369 e. The number of piperazine rings is 1. The number of hydrogen-bond donors (Lipinski definition) is 2. The Morgan fingerprint density at radius 1 is 1.17 bits per heavy atom. The lowest BCUT2D eigenvalue weighted by atomic mass is 9.42. The third-order valence-corrected chi connectivity index (χ3v) is 10.5. The molecule has 7 nitrogen and oxygen atoms in total. The molecule has 2 aromatic carbocycles. The summed E-state index contributed by atoms with van der Waals surface area (Å²) >= 11 is 0. The molecule has 3 N–H and O–H groups in total. The highest BCUT2D eigenvalue weighted by atomic mass is 19.1. The average molecular weight is 559 g/mol. The largest absolute Gasteiger partial charge is 0.369 e. The highest BCUT2D eigenvalue weighted by molar-refractivity contribution is 5.85. The van der Waals surface area contributed by atoms with Gasteiger partial charge in [-0.05, 0) is 98.1 Å². The first kappa shape index (κ1) is 27.9. The van der Waals surface area contributed by atoms with Crippen molar-refractivity contribution in [2.75, 3.05) is 13.1 Å². The van der Waals surface area contributed by atoms with Gasteiger partial charge in [0.25, 0.3) is 5.56 Å². The van der Waals surface area contributed by atoms with Crippen molar-refractivity contribution in [3.8, 4) is 0 Å². The van der Waals surface area contributed by atoms with E-state index in [0.29, 0.717) is 52.4 Å². The van der Waals surface area contributed by atoms with Crippen molar-refractivity contribution in [3.63, 3.8) is 0 Å². The fourth-order valence-corrected chi connectivity index (χ4v) is 8.21. The van der Waals surface area contributed by atoms with Gasteiger partial charge < -0.3 is 16.0 Å². The van der Waals surface area contributed by atoms with Crippen LogP contribution < -0.4 is 16.6 Å². The number of rotatable bonds is 5. The lowest BCUT2D eigenvalue weighted by Crippen LogP contribution is -2.67. The first-order valence-electron chi connectivity index (χ1n) is 15.1. The topological polar surface area (TPSA) is 88.5 Å². The Hall–Kier alpha value is -3.26. The molecular weight excluding hydrogens is 515 g/mol. The SMILES string of the molecule is C[C@@H]1CN(C(N)=Nc2ccc3c(=O)n([C@H](C)Cc4ccc(F)cc4)cnc3c2)C(C2C[C@@H](C)[C@@H]3C[C@H]2C3(C)C)CN1. The molecule has 1 saturated heterocycles. The predicted molar refractivity (Wildman–Crippen MR) is 163 cm³/mol. The van der Waals surface area contributed by atoms with E-state index in [1.807, 2.05) is 19.1 Å². The van der Waals surface area contributed by atoms with Crippen molar-refractivity contribution >= 4 is 22.5 Å². The molecule has 0 spiro atoms. The van der Waals surface area contributed by atoms with Crippen LogP contribution in [0.4, 0.5) is 10.1 Å². The molecule has 3 aromatic rings. The molecule has 41 heavy (non-hydrogen) atoms. The van der Waals surface area contributed by atoms with Crippen LogP contribution in [0.5, 0.6) is 0 Å². The summed E-state index contributed by atoms with van der Waals surface area (Å²) in [5, 5.41) is 4.25. The van der Waals surface area contributed by atoms with E-state index in [1.165, 1.54) is 25.0 Å². The van der Waals surface area contributed by atoms with Crippen molar-refractivity contribution in [1.29, 1.82) is 0 Å². The minimum atomic E-state index is -0.268. The van der Waals surface area contributed by atoms with Gasteiger partial charge in [0.15, 0.2) is 5.96 Å². The molecule has 0 amide bonds. The molecule has 218 valence electrons. The molecule has 3 aliphatic carbocycles. The van der Waals surface area contributed by atoms with Gasteiger partial charge in [-0.25, -0.2) is 14.4 Å². The quantitative estimate of drug-likeness (QED) is 0.329. The fraction of sp³-hybridized carbons (Fsp3) is 0.545. The normalized spacial score (nSPS) is 30.2. The maximum atomic E-state index is 13.4. The number of benzene rings is 2. The summed E-state index contributed by atoms with van der Waals surface area (Å²) in [6, 6.07) is 12.4. The molecule has 2 bridgehead atoms. The highest BCUT2D eigenvalue weighted by Crippen LogP contribution is 2.64. The van der Waals surface area contributed by atoms with Gasteiger partial charge in [-0.3, -0.25) is 9.36 Å². The standard InChI is InChI=1S/C33H43FN6O/c1-19-12-26(28-15-27(19)33(28,4)5)30-16-36-20(2)17-39(30)32(35)38-24-10-11-25-29(14-24)37-18-40(31(25)41)21(3)13-22-6-8-23(34)9-7-22/h6-11,14,18-21,26-28,30,36H,12-13,15-17H2,1-5H3,(H2,35,38)/t19-,20-,21-,26?,27+,28-,30?/m1/s1. The second-order valence-corrected chi connectivity index (χ2v) is 13.5. The number of aromatic nitrogens is 2. The summed E-state index contributed by atoms with van der Waals surface area (Å²) in [4.78, 5) is 25.2. The van der Waals surface area contributed by atoms with E-state index >= 15 is 0 Å². The predicted octanol–water partition coefficient (Wildman–Crippen LogP) is 5.27. The van der Waals surface area contributed by atoms with Gasteiger partial charge in [-0.15, -0.1) is 0 Å². The number of halogens is 1. The number of nitrogens with one attached hydrogen (secondary N) is 1. The van der Waals surface area contributed by atoms with Crippen molar-refractivity contribution < 1.29 is 4.39 Å². The molecule has 4 fully saturated rings. The zero-order valence-electron chi connectivity index (χ0n) is 24.8. The number of nitrogens with two attached hydrogens (primary N) is 1. The molecule has 4 aliphatic rings. The second kappa shape index (κ2) is 10.5. The smallest absolute Gasteiger partial charge is 0.261 e. The molecule has 3 saturated carbocycles. The van der Waals surface area contributed by atoms with E-state index < -0.39 is 0 Å². The first-order valence-corrected chi connectivity index (χ1v) is 15.1. The lowest BCUT2D eigenvalue weighted by Gasteiger charge is -2.65. The third-order valence-electron chi connectivity index (χ3n) is 10.5. The summed E-state index contributed by atoms with van der Waals surface area (Å²) in [7, 11) is 0. The van der Waals surface area contributed by atoms with Crippen LogP contribution in [0.1, 0.15) is 59.1 Å². The van der Waals surface area contributed by atoms with Crippen molar-refractivity contribution in [2.24, 2.45) is 39.8 Å². The summed E-state index contributed by atoms with van der Waals surface area (Å²) in [6.45, 7) is 13.2. The van der Waals surface area contributed by atoms with Crippen LogP contribution in [0.2, 0.25) is 0 Å². The molecule has 2 heterocycles. The summed E-state index contributed by atoms with van der Waals surface area (Å²) in [5.41, 5.74) is 9.31. The summed E-state index contributed by atoms with van der Waals surface area (Å²) in [5.74, 6) is 3.14. The van der Waals surface area contributed by atoms with Crippen LogP contribution in [0, 0.1) is 34.9 Å². The maximum Gasteiger partial charge on any atom is 0.261 e. The van der Waals surface area contributed by atoms with Crippen LogP contribution in [-0.4, -0.2) is 45.6 Å². The molecular formula is C33H43FN6O. The Bertz CT molecular complexity index is 1510. The van der Waals surface area contributed by atoms with E-state index in [4.69, 9.17) is 10.7 Å². The lowest BCUT2D eigenvalue weighted by molar-refractivity contribution is -0.153. The van der Waals surface area contributed by atoms with Crippen LogP contribution >= 0.6 is 0 Å². The van der Waals surface area contributed by atoms with Gasteiger partial charge in [0.2, 0.25) is 0 Å². The average Bonchev–Trinajstić information content (AvgIpc) is 2.93. The minimum absolute atomic E-state index is 0.100. The van der Waals surface area contributed by atoms with Gasteiger partial charge >= 0.3 is 0 Å². The second-order valence-electron chi connectivity index (χ2n) is 13.5. The monoisotopic (exact) mass is 558 g/mol. The number of nitrogens with zero attached hydrogens (tertiary/aromatic N) is 4. The number of aliphatic imine (C=N–C) groups is 1.